The first-order chi connectivity index (χ1) is 8.41. The first kappa shape index (κ1) is 15.0. The van der Waals surface area contributed by atoms with Gasteiger partial charge in [0.1, 0.15) is 11.6 Å². The lowest BCUT2D eigenvalue weighted by Gasteiger charge is -2.22. The molecule has 0 aromatic carbocycles. The van der Waals surface area contributed by atoms with E-state index in [0.717, 1.165) is 43.1 Å². The van der Waals surface area contributed by atoms with Crippen molar-refractivity contribution in [1.82, 2.24) is 9.55 Å². The van der Waals surface area contributed by atoms with Crippen LogP contribution in [0.3, 0.4) is 0 Å². The van der Waals surface area contributed by atoms with Crippen LogP contribution >= 0.6 is 0 Å². The highest BCUT2D eigenvalue weighted by molar-refractivity contribution is 7.92. The summed E-state index contributed by atoms with van der Waals surface area (Å²) in [6.07, 6.45) is 4.39. The van der Waals surface area contributed by atoms with Crippen LogP contribution in [0.25, 0.3) is 0 Å². The molecule has 0 spiro atoms. The van der Waals surface area contributed by atoms with Gasteiger partial charge in [0.05, 0.1) is 11.9 Å². The standard InChI is InChI=1S/C10H17N3O2S.C2H6/c1-8-10(12(2)16(3,14)15)13-7-5-4-6-9(13)11-8;1-2/h4-7H2,1-3H3;1-2H3. The molecule has 2 rings (SSSR count). The summed E-state index contributed by atoms with van der Waals surface area (Å²) in [5, 5.41) is 0. The summed E-state index contributed by atoms with van der Waals surface area (Å²) in [4.78, 5) is 4.44. The molecule has 6 heteroatoms. The summed E-state index contributed by atoms with van der Waals surface area (Å²) >= 11 is 0. The Labute approximate surface area is 110 Å². The normalized spacial score (nSPS) is 14.5. The molecule has 104 valence electrons. The number of hydrogen-bond donors (Lipinski definition) is 0. The van der Waals surface area contributed by atoms with Crippen molar-refractivity contribution >= 4 is 15.8 Å². The molecule has 0 atom stereocenters. The zero-order valence-corrected chi connectivity index (χ0v) is 12.7. The van der Waals surface area contributed by atoms with Gasteiger partial charge in [-0.3, -0.25) is 4.31 Å². The van der Waals surface area contributed by atoms with Crippen LogP contribution in [-0.2, 0) is 23.0 Å². The number of sulfonamides is 1. The topological polar surface area (TPSA) is 55.2 Å². The Morgan fingerprint density at radius 2 is 1.89 bits per heavy atom. The maximum atomic E-state index is 11.6. The lowest BCUT2D eigenvalue weighted by atomic mass is 10.2. The van der Waals surface area contributed by atoms with E-state index in [4.69, 9.17) is 0 Å². The number of imidazole rings is 1. The molecular weight excluding hydrogens is 250 g/mol. The average molecular weight is 273 g/mol. The van der Waals surface area contributed by atoms with E-state index in [9.17, 15) is 8.42 Å². The number of aromatic nitrogens is 2. The van der Waals surface area contributed by atoms with Crippen LogP contribution in [0.4, 0.5) is 5.82 Å². The van der Waals surface area contributed by atoms with Crippen molar-refractivity contribution in [2.24, 2.45) is 0 Å². The summed E-state index contributed by atoms with van der Waals surface area (Å²) in [7, 11) is -1.62. The van der Waals surface area contributed by atoms with Crippen molar-refractivity contribution in [1.29, 1.82) is 0 Å². The minimum absolute atomic E-state index is 0.720. The van der Waals surface area contributed by atoms with E-state index in [2.05, 4.69) is 4.98 Å². The third-order valence-corrected chi connectivity index (χ3v) is 4.18. The van der Waals surface area contributed by atoms with Gasteiger partial charge in [0, 0.05) is 20.0 Å². The zero-order chi connectivity index (χ0) is 13.9. The molecule has 2 heterocycles. The van der Waals surface area contributed by atoms with E-state index in [-0.39, 0.29) is 0 Å². The third kappa shape index (κ3) is 2.85. The van der Waals surface area contributed by atoms with Gasteiger partial charge >= 0.3 is 0 Å². The number of nitrogens with zero attached hydrogens (tertiary/aromatic N) is 3. The maximum Gasteiger partial charge on any atom is 0.233 e. The molecule has 0 amide bonds. The predicted octanol–water partition coefficient (Wildman–Crippen LogP) is 1.95. The Balaban J connectivity index is 0.000000771. The summed E-state index contributed by atoms with van der Waals surface area (Å²) < 4.78 is 26.5. The van der Waals surface area contributed by atoms with Gasteiger partial charge in [-0.2, -0.15) is 0 Å². The highest BCUT2D eigenvalue weighted by Gasteiger charge is 2.24. The Bertz CT molecular complexity index is 506. The number of hydrogen-bond acceptors (Lipinski definition) is 3. The monoisotopic (exact) mass is 273 g/mol. The van der Waals surface area contributed by atoms with Crippen LogP contribution < -0.4 is 4.31 Å². The van der Waals surface area contributed by atoms with Gasteiger partial charge < -0.3 is 4.57 Å². The minimum atomic E-state index is -3.21. The van der Waals surface area contributed by atoms with E-state index in [0.29, 0.717) is 0 Å². The molecule has 0 radical (unpaired) electrons. The summed E-state index contributed by atoms with van der Waals surface area (Å²) in [5.41, 5.74) is 0.796. The molecule has 1 aromatic rings. The second kappa shape index (κ2) is 5.73. The molecule has 0 fully saturated rings. The summed E-state index contributed by atoms with van der Waals surface area (Å²) in [5.74, 6) is 1.73. The second-order valence-electron chi connectivity index (χ2n) is 4.28. The quantitative estimate of drug-likeness (QED) is 0.827. The molecular formula is C12H23N3O2S. The van der Waals surface area contributed by atoms with Gasteiger partial charge in [-0.1, -0.05) is 13.8 Å². The zero-order valence-electron chi connectivity index (χ0n) is 11.9. The Morgan fingerprint density at radius 3 is 2.44 bits per heavy atom. The van der Waals surface area contributed by atoms with Crippen molar-refractivity contribution in [2.45, 2.75) is 46.6 Å². The largest absolute Gasteiger partial charge is 0.314 e. The molecule has 5 nitrogen and oxygen atoms in total. The highest BCUT2D eigenvalue weighted by atomic mass is 32.2. The number of anilines is 1. The highest BCUT2D eigenvalue weighted by Crippen LogP contribution is 2.27. The Kier molecular flexibility index (Phi) is 4.78. The molecule has 1 aliphatic rings. The van der Waals surface area contributed by atoms with Crippen LogP contribution in [0.2, 0.25) is 0 Å². The average Bonchev–Trinajstić information content (AvgIpc) is 2.65. The number of aryl methyl sites for hydroxylation is 2. The van der Waals surface area contributed by atoms with E-state index >= 15 is 0 Å². The number of rotatable bonds is 2. The molecule has 1 aliphatic heterocycles. The second-order valence-corrected chi connectivity index (χ2v) is 6.29. The molecule has 0 aliphatic carbocycles. The molecule has 1 aromatic heterocycles. The SMILES string of the molecule is CC.Cc1nc2n(c1N(C)S(C)(=O)=O)CCCC2. The minimum Gasteiger partial charge on any atom is -0.314 e. The molecule has 0 saturated carbocycles. The van der Waals surface area contributed by atoms with Gasteiger partial charge in [0.15, 0.2) is 0 Å². The van der Waals surface area contributed by atoms with Crippen molar-refractivity contribution in [3.8, 4) is 0 Å². The predicted molar refractivity (Wildman–Crippen MR) is 74.5 cm³/mol. The Hall–Kier alpha value is -1.04. The number of fused-ring (bicyclic) bond motifs is 1. The van der Waals surface area contributed by atoms with E-state index in [1.165, 1.54) is 10.6 Å². The first-order valence-electron chi connectivity index (χ1n) is 6.41. The van der Waals surface area contributed by atoms with E-state index in [1.807, 2.05) is 25.3 Å². The fourth-order valence-corrected chi connectivity index (χ4v) is 2.70. The smallest absolute Gasteiger partial charge is 0.233 e. The van der Waals surface area contributed by atoms with Crippen LogP contribution in [0.1, 0.15) is 38.2 Å². The van der Waals surface area contributed by atoms with E-state index < -0.39 is 10.0 Å². The lowest BCUT2D eigenvalue weighted by molar-refractivity contribution is 0.523. The van der Waals surface area contributed by atoms with Gasteiger partial charge in [-0.25, -0.2) is 13.4 Å². The van der Waals surface area contributed by atoms with Crippen LogP contribution in [0.5, 0.6) is 0 Å². The van der Waals surface area contributed by atoms with Crippen LogP contribution in [0.15, 0.2) is 0 Å². The molecule has 0 bridgehead atoms. The van der Waals surface area contributed by atoms with Crippen molar-refractivity contribution < 1.29 is 8.42 Å². The fraction of sp³-hybridized carbons (Fsp3) is 0.750. The Morgan fingerprint density at radius 1 is 1.28 bits per heavy atom. The van der Waals surface area contributed by atoms with Gasteiger partial charge in [-0.15, -0.1) is 0 Å². The molecule has 0 N–H and O–H groups in total. The van der Waals surface area contributed by atoms with Crippen molar-refractivity contribution in [2.75, 3.05) is 17.6 Å². The maximum absolute atomic E-state index is 11.6. The van der Waals surface area contributed by atoms with Gasteiger partial charge in [0.25, 0.3) is 0 Å². The van der Waals surface area contributed by atoms with Crippen LogP contribution in [-0.4, -0.2) is 31.3 Å². The van der Waals surface area contributed by atoms with Crippen LogP contribution in [0, 0.1) is 6.92 Å². The van der Waals surface area contributed by atoms with Crippen molar-refractivity contribution in [3.05, 3.63) is 11.5 Å². The summed E-state index contributed by atoms with van der Waals surface area (Å²) in [6, 6.07) is 0. The molecule has 18 heavy (non-hydrogen) atoms. The molecule has 0 saturated heterocycles. The molecule has 0 unspecified atom stereocenters. The van der Waals surface area contributed by atoms with E-state index in [1.54, 1.807) is 7.05 Å². The third-order valence-electron chi connectivity index (χ3n) is 3.02. The lowest BCUT2D eigenvalue weighted by Crippen LogP contribution is -2.28. The fourth-order valence-electron chi connectivity index (χ4n) is 2.16. The summed E-state index contributed by atoms with van der Waals surface area (Å²) in [6.45, 7) is 6.73. The van der Waals surface area contributed by atoms with Gasteiger partial charge in [0.2, 0.25) is 10.0 Å². The van der Waals surface area contributed by atoms with Crippen molar-refractivity contribution in [3.63, 3.8) is 0 Å². The van der Waals surface area contributed by atoms with Gasteiger partial charge in [-0.05, 0) is 19.8 Å². The first-order valence-corrected chi connectivity index (χ1v) is 8.26.